The van der Waals surface area contributed by atoms with Gasteiger partial charge >= 0.3 is 12.0 Å². The van der Waals surface area contributed by atoms with Crippen LogP contribution in [0.5, 0.6) is 0 Å². The Morgan fingerprint density at radius 3 is 2.58 bits per heavy atom. The minimum atomic E-state index is -0.779. The van der Waals surface area contributed by atoms with Crippen LogP contribution in [0.1, 0.15) is 25.7 Å². The monoisotopic (exact) mass is 395 g/mol. The molecule has 0 saturated heterocycles. The van der Waals surface area contributed by atoms with Gasteiger partial charge in [-0.2, -0.15) is 0 Å². The number of anilines is 1. The molecule has 1 aromatic rings. The average molecular weight is 396 g/mol. The van der Waals surface area contributed by atoms with Crippen molar-refractivity contribution in [2.75, 3.05) is 18.4 Å². The predicted octanol–water partition coefficient (Wildman–Crippen LogP) is 2.90. The molecular formula is C17H22BrN3O3. The number of carboxylic acid groups (broad SMARTS) is 1. The first-order valence-electron chi connectivity index (χ1n) is 8.29. The number of hydrogen-bond acceptors (Lipinski definition) is 3. The Bertz CT molecular complexity index is 615. The zero-order valence-electron chi connectivity index (χ0n) is 13.4. The minimum absolute atomic E-state index is 0.0943. The number of amides is 2. The van der Waals surface area contributed by atoms with Crippen molar-refractivity contribution >= 4 is 33.6 Å². The van der Waals surface area contributed by atoms with Crippen molar-refractivity contribution in [1.29, 1.82) is 0 Å². The summed E-state index contributed by atoms with van der Waals surface area (Å²) >= 11 is 3.40. The van der Waals surface area contributed by atoms with Crippen molar-refractivity contribution in [3.63, 3.8) is 0 Å². The Morgan fingerprint density at radius 2 is 1.96 bits per heavy atom. The van der Waals surface area contributed by atoms with E-state index in [1.807, 2.05) is 24.3 Å². The summed E-state index contributed by atoms with van der Waals surface area (Å²) in [5.41, 5.74) is 0.729. The highest BCUT2D eigenvalue weighted by Gasteiger charge is 2.37. The molecule has 2 saturated carbocycles. The molecule has 0 atom stereocenters. The summed E-state index contributed by atoms with van der Waals surface area (Å²) in [6, 6.07) is 7.59. The normalized spacial score (nSPS) is 22.8. The second kappa shape index (κ2) is 7.53. The molecule has 6 nitrogen and oxygen atoms in total. The first-order valence-corrected chi connectivity index (χ1v) is 9.08. The fourth-order valence-corrected chi connectivity index (χ4v) is 3.44. The van der Waals surface area contributed by atoms with Gasteiger partial charge in [0.15, 0.2) is 0 Å². The summed E-state index contributed by atoms with van der Waals surface area (Å²) in [5.74, 6) is -0.117. The number of benzene rings is 1. The van der Waals surface area contributed by atoms with Crippen LogP contribution in [0.25, 0.3) is 0 Å². The lowest BCUT2D eigenvalue weighted by molar-refractivity contribution is -0.139. The highest BCUT2D eigenvalue weighted by atomic mass is 79.9. The van der Waals surface area contributed by atoms with Crippen LogP contribution in [-0.4, -0.2) is 47.2 Å². The van der Waals surface area contributed by atoms with Gasteiger partial charge in [-0.05, 0) is 59.7 Å². The van der Waals surface area contributed by atoms with E-state index < -0.39 is 5.97 Å². The van der Waals surface area contributed by atoms with Gasteiger partial charge < -0.3 is 15.7 Å². The van der Waals surface area contributed by atoms with Gasteiger partial charge in [0.2, 0.25) is 0 Å². The molecule has 2 fully saturated rings. The maximum atomic E-state index is 12.1. The Hall–Kier alpha value is -1.60. The fourth-order valence-electron chi connectivity index (χ4n) is 3.06. The van der Waals surface area contributed by atoms with E-state index in [1.54, 1.807) is 0 Å². The van der Waals surface area contributed by atoms with Crippen molar-refractivity contribution in [3.05, 3.63) is 28.7 Å². The Balaban J connectivity index is 1.44. The summed E-state index contributed by atoms with van der Waals surface area (Å²) in [5, 5.41) is 14.8. The zero-order valence-corrected chi connectivity index (χ0v) is 15.0. The molecular weight excluding hydrogens is 374 g/mol. The van der Waals surface area contributed by atoms with E-state index in [4.69, 9.17) is 5.11 Å². The Kier molecular flexibility index (Phi) is 5.40. The number of aliphatic carboxylic acids is 1. The summed E-state index contributed by atoms with van der Waals surface area (Å²) in [6.45, 7) is 0.962. The molecule has 24 heavy (non-hydrogen) atoms. The number of rotatable bonds is 7. The highest BCUT2D eigenvalue weighted by molar-refractivity contribution is 9.10. The van der Waals surface area contributed by atoms with E-state index >= 15 is 0 Å². The molecule has 1 aromatic carbocycles. The van der Waals surface area contributed by atoms with E-state index in [9.17, 15) is 9.59 Å². The van der Waals surface area contributed by atoms with Crippen LogP contribution in [0.4, 0.5) is 10.5 Å². The van der Waals surface area contributed by atoms with E-state index in [-0.39, 0.29) is 24.7 Å². The van der Waals surface area contributed by atoms with Crippen molar-refractivity contribution in [2.45, 2.75) is 37.8 Å². The molecule has 0 aromatic heterocycles. The number of nitrogens with one attached hydrogen (secondary N) is 2. The van der Waals surface area contributed by atoms with Gasteiger partial charge in [0, 0.05) is 23.1 Å². The summed E-state index contributed by atoms with van der Waals surface area (Å²) < 4.78 is 0.837. The van der Waals surface area contributed by atoms with E-state index in [1.165, 1.54) is 12.8 Å². The molecule has 130 valence electrons. The molecule has 0 radical (unpaired) electrons. The molecule has 3 rings (SSSR count). The van der Waals surface area contributed by atoms with Crippen LogP contribution in [0, 0.1) is 5.92 Å². The number of para-hydroxylation sites is 1. The van der Waals surface area contributed by atoms with Gasteiger partial charge in [-0.15, -0.1) is 0 Å². The molecule has 2 amide bonds. The van der Waals surface area contributed by atoms with Crippen LogP contribution in [0.3, 0.4) is 0 Å². The summed E-state index contributed by atoms with van der Waals surface area (Å²) in [7, 11) is 0. The average Bonchev–Trinajstić information content (AvgIpc) is 3.28. The first kappa shape index (κ1) is 17.2. The molecule has 3 N–H and O–H groups in total. The van der Waals surface area contributed by atoms with Crippen molar-refractivity contribution in [3.8, 4) is 0 Å². The molecule has 0 unspecified atom stereocenters. The SMILES string of the molecule is O=C(O)CN(CC1CC1)C1CC(NC(=O)Nc2ccccc2Br)C1. The van der Waals surface area contributed by atoms with Crippen molar-refractivity contribution in [2.24, 2.45) is 5.92 Å². The quantitative estimate of drug-likeness (QED) is 0.662. The maximum absolute atomic E-state index is 12.1. The number of carbonyl (C=O) groups excluding carboxylic acids is 1. The lowest BCUT2D eigenvalue weighted by Crippen LogP contribution is -2.55. The third-order valence-corrected chi connectivity index (χ3v) is 5.31. The number of carbonyl (C=O) groups is 2. The van der Waals surface area contributed by atoms with Gasteiger partial charge in [0.05, 0.1) is 12.2 Å². The number of nitrogens with zero attached hydrogens (tertiary/aromatic N) is 1. The predicted molar refractivity (Wildman–Crippen MR) is 95.0 cm³/mol. The molecule has 0 spiro atoms. The van der Waals surface area contributed by atoms with E-state index in [0.29, 0.717) is 5.92 Å². The van der Waals surface area contributed by atoms with Crippen LogP contribution in [0.15, 0.2) is 28.7 Å². The minimum Gasteiger partial charge on any atom is -0.480 e. The zero-order chi connectivity index (χ0) is 17.1. The van der Waals surface area contributed by atoms with Gasteiger partial charge in [0.1, 0.15) is 0 Å². The van der Waals surface area contributed by atoms with E-state index in [2.05, 4.69) is 31.5 Å². The van der Waals surface area contributed by atoms with Crippen LogP contribution in [-0.2, 0) is 4.79 Å². The molecule has 0 bridgehead atoms. The summed E-state index contributed by atoms with van der Waals surface area (Å²) in [4.78, 5) is 25.1. The number of hydrogen-bond donors (Lipinski definition) is 3. The Morgan fingerprint density at radius 1 is 1.25 bits per heavy atom. The Labute approximate surface area is 149 Å². The lowest BCUT2D eigenvalue weighted by atomic mass is 9.85. The lowest BCUT2D eigenvalue weighted by Gasteiger charge is -2.42. The fraction of sp³-hybridized carbons (Fsp3) is 0.529. The maximum Gasteiger partial charge on any atom is 0.319 e. The smallest absolute Gasteiger partial charge is 0.319 e. The van der Waals surface area contributed by atoms with Gasteiger partial charge in [-0.1, -0.05) is 12.1 Å². The second-order valence-electron chi connectivity index (χ2n) is 6.67. The van der Waals surface area contributed by atoms with Crippen molar-refractivity contribution in [1.82, 2.24) is 10.2 Å². The molecule has 2 aliphatic rings. The number of urea groups is 1. The highest BCUT2D eigenvalue weighted by Crippen LogP contribution is 2.33. The van der Waals surface area contributed by atoms with Crippen LogP contribution in [0.2, 0.25) is 0 Å². The molecule has 7 heteroatoms. The topological polar surface area (TPSA) is 81.7 Å². The standard InChI is InChI=1S/C17H22BrN3O3/c18-14-3-1-2-4-15(14)20-17(24)19-12-7-13(8-12)21(10-16(22)23)9-11-5-6-11/h1-4,11-13H,5-10H2,(H,22,23)(H2,19,20,24). The van der Waals surface area contributed by atoms with Gasteiger partial charge in [0.25, 0.3) is 0 Å². The molecule has 0 heterocycles. The van der Waals surface area contributed by atoms with E-state index in [0.717, 1.165) is 29.5 Å². The molecule has 2 aliphatic carbocycles. The largest absolute Gasteiger partial charge is 0.480 e. The molecule has 0 aliphatic heterocycles. The van der Waals surface area contributed by atoms with Gasteiger partial charge in [-0.25, -0.2) is 4.79 Å². The number of carboxylic acids is 1. The third-order valence-electron chi connectivity index (χ3n) is 4.61. The first-order chi connectivity index (χ1) is 11.5. The van der Waals surface area contributed by atoms with Crippen LogP contribution >= 0.6 is 15.9 Å². The number of halogens is 1. The van der Waals surface area contributed by atoms with Crippen molar-refractivity contribution < 1.29 is 14.7 Å². The van der Waals surface area contributed by atoms with Crippen LogP contribution < -0.4 is 10.6 Å². The second-order valence-corrected chi connectivity index (χ2v) is 7.52. The van der Waals surface area contributed by atoms with Gasteiger partial charge in [-0.3, -0.25) is 9.69 Å². The third kappa shape index (κ3) is 4.70. The summed E-state index contributed by atoms with van der Waals surface area (Å²) in [6.07, 6.45) is 4.03.